The topological polar surface area (TPSA) is 79.3 Å². The van der Waals surface area contributed by atoms with Crippen molar-refractivity contribution in [2.45, 2.75) is 31.1 Å². The van der Waals surface area contributed by atoms with Crippen LogP contribution in [0.5, 0.6) is 0 Å². The molecule has 0 radical (unpaired) electrons. The van der Waals surface area contributed by atoms with Crippen LogP contribution in [0.2, 0.25) is 0 Å². The number of aliphatic hydroxyl groups excluding tert-OH is 1. The minimum Gasteiger partial charge on any atom is -0.396 e. The summed E-state index contributed by atoms with van der Waals surface area (Å²) in [7, 11) is -3.59. The number of nitrogens with one attached hydrogen (secondary N) is 1. The molecule has 120 valence electrons. The van der Waals surface area contributed by atoms with Crippen LogP contribution in [0.25, 0.3) is 10.9 Å². The summed E-state index contributed by atoms with van der Waals surface area (Å²) in [5.41, 5.74) is 0.658. The fourth-order valence-corrected chi connectivity index (χ4v) is 3.88. The van der Waals surface area contributed by atoms with Crippen LogP contribution in [0.15, 0.2) is 41.4 Å². The van der Waals surface area contributed by atoms with Gasteiger partial charge in [-0.15, -0.1) is 0 Å². The van der Waals surface area contributed by atoms with Gasteiger partial charge in [-0.2, -0.15) is 0 Å². The van der Waals surface area contributed by atoms with E-state index in [-0.39, 0.29) is 17.4 Å². The first-order valence-corrected chi connectivity index (χ1v) is 9.01. The number of aromatic nitrogens is 1. The maximum atomic E-state index is 12.6. The van der Waals surface area contributed by atoms with Crippen molar-refractivity contribution >= 4 is 20.9 Å². The Morgan fingerprint density at radius 3 is 2.77 bits per heavy atom. The number of benzene rings is 1. The molecular weight excluding hydrogens is 300 g/mol. The molecule has 2 rings (SSSR count). The molecule has 0 bridgehead atoms. The number of hydrogen-bond donors (Lipinski definition) is 2. The second-order valence-electron chi connectivity index (χ2n) is 5.35. The highest BCUT2D eigenvalue weighted by molar-refractivity contribution is 7.89. The van der Waals surface area contributed by atoms with Crippen molar-refractivity contribution < 1.29 is 13.5 Å². The lowest BCUT2D eigenvalue weighted by molar-refractivity contribution is 0.251. The number of nitrogens with zero attached hydrogens (tertiary/aromatic N) is 1. The monoisotopic (exact) mass is 322 g/mol. The fraction of sp³-hybridized carbons (Fsp3) is 0.438. The Kier molecular flexibility index (Phi) is 5.88. The van der Waals surface area contributed by atoms with Crippen molar-refractivity contribution in [2.75, 3.05) is 13.2 Å². The molecule has 1 atom stereocenters. The van der Waals surface area contributed by atoms with Gasteiger partial charge in [0.15, 0.2) is 0 Å². The number of sulfonamides is 1. The molecule has 6 heteroatoms. The summed E-state index contributed by atoms with van der Waals surface area (Å²) >= 11 is 0. The Bertz CT molecular complexity index is 705. The second-order valence-corrected chi connectivity index (χ2v) is 7.08. The summed E-state index contributed by atoms with van der Waals surface area (Å²) in [6.07, 6.45) is 4.10. The van der Waals surface area contributed by atoms with E-state index in [9.17, 15) is 8.42 Å². The number of rotatable bonds is 8. The molecule has 1 unspecified atom stereocenters. The highest BCUT2D eigenvalue weighted by Crippen LogP contribution is 2.21. The summed E-state index contributed by atoms with van der Waals surface area (Å²) in [5, 5.41) is 9.68. The van der Waals surface area contributed by atoms with E-state index in [2.05, 4.69) is 16.6 Å². The quantitative estimate of drug-likeness (QED) is 0.781. The van der Waals surface area contributed by atoms with Crippen molar-refractivity contribution in [3.63, 3.8) is 0 Å². The third-order valence-electron chi connectivity index (χ3n) is 3.69. The molecule has 1 aromatic heterocycles. The van der Waals surface area contributed by atoms with Crippen LogP contribution >= 0.6 is 0 Å². The largest absolute Gasteiger partial charge is 0.396 e. The summed E-state index contributed by atoms with van der Waals surface area (Å²) in [4.78, 5) is 4.43. The van der Waals surface area contributed by atoms with Gasteiger partial charge in [0.1, 0.15) is 0 Å². The standard InChI is InChI=1S/C16H22N2O3S/c1-2-5-13(9-11-19)12-18-22(20,21)16-8-3-7-15-14(16)6-4-10-17-15/h3-4,6-8,10,13,18-19H,2,5,9,11-12H2,1H3. The molecule has 1 aromatic carbocycles. The van der Waals surface area contributed by atoms with Crippen LogP contribution in [-0.2, 0) is 10.0 Å². The third-order valence-corrected chi connectivity index (χ3v) is 5.17. The predicted molar refractivity (Wildman–Crippen MR) is 87.0 cm³/mol. The van der Waals surface area contributed by atoms with Crippen LogP contribution in [0.1, 0.15) is 26.2 Å². The molecule has 0 aliphatic carbocycles. The zero-order valence-electron chi connectivity index (χ0n) is 12.7. The number of pyridine rings is 1. The third kappa shape index (κ3) is 4.03. The SMILES string of the molecule is CCCC(CCO)CNS(=O)(=O)c1cccc2ncccc12. The Morgan fingerprint density at radius 2 is 2.05 bits per heavy atom. The van der Waals surface area contributed by atoms with E-state index in [4.69, 9.17) is 5.11 Å². The van der Waals surface area contributed by atoms with Crippen molar-refractivity contribution in [3.8, 4) is 0 Å². The van der Waals surface area contributed by atoms with Gasteiger partial charge in [-0.25, -0.2) is 13.1 Å². The maximum absolute atomic E-state index is 12.6. The second kappa shape index (κ2) is 7.67. The molecule has 1 heterocycles. The predicted octanol–water partition coefficient (Wildman–Crippen LogP) is 2.31. The van der Waals surface area contributed by atoms with Crippen LogP contribution < -0.4 is 4.72 Å². The van der Waals surface area contributed by atoms with Crippen molar-refractivity contribution in [1.82, 2.24) is 9.71 Å². The Balaban J connectivity index is 2.22. The molecule has 0 amide bonds. The van der Waals surface area contributed by atoms with Gasteiger partial charge in [-0.1, -0.05) is 19.4 Å². The van der Waals surface area contributed by atoms with Gasteiger partial charge in [-0.3, -0.25) is 4.98 Å². The number of hydrogen-bond acceptors (Lipinski definition) is 4. The van der Waals surface area contributed by atoms with E-state index in [0.29, 0.717) is 23.9 Å². The van der Waals surface area contributed by atoms with Gasteiger partial charge in [0.05, 0.1) is 10.4 Å². The Hall–Kier alpha value is -1.50. The highest BCUT2D eigenvalue weighted by Gasteiger charge is 2.19. The molecule has 0 saturated heterocycles. The lowest BCUT2D eigenvalue weighted by atomic mass is 10.0. The maximum Gasteiger partial charge on any atom is 0.241 e. The fourth-order valence-electron chi connectivity index (χ4n) is 2.55. The zero-order valence-corrected chi connectivity index (χ0v) is 13.5. The van der Waals surface area contributed by atoms with Crippen molar-refractivity contribution in [3.05, 3.63) is 36.5 Å². The minimum absolute atomic E-state index is 0.0740. The Labute approximate surface area is 131 Å². The molecule has 0 fully saturated rings. The van der Waals surface area contributed by atoms with Crippen LogP contribution in [-0.4, -0.2) is 31.7 Å². The van der Waals surface area contributed by atoms with Gasteiger partial charge in [0.2, 0.25) is 10.0 Å². The highest BCUT2D eigenvalue weighted by atomic mass is 32.2. The summed E-state index contributed by atoms with van der Waals surface area (Å²) in [6.45, 7) is 2.47. The molecule has 22 heavy (non-hydrogen) atoms. The number of aliphatic hydroxyl groups is 1. The van der Waals surface area contributed by atoms with E-state index in [1.165, 1.54) is 0 Å². The molecule has 0 aliphatic heterocycles. The summed E-state index contributed by atoms with van der Waals surface area (Å²) < 4.78 is 27.8. The van der Waals surface area contributed by atoms with Crippen LogP contribution in [0.4, 0.5) is 0 Å². The molecule has 0 aliphatic rings. The smallest absolute Gasteiger partial charge is 0.241 e. The van der Waals surface area contributed by atoms with Crippen molar-refractivity contribution in [1.29, 1.82) is 0 Å². The summed E-state index contributed by atoms with van der Waals surface area (Å²) in [6, 6.07) is 8.56. The first-order chi connectivity index (χ1) is 10.6. The number of fused-ring (bicyclic) bond motifs is 1. The molecular formula is C16H22N2O3S. The average molecular weight is 322 g/mol. The van der Waals surface area contributed by atoms with E-state index < -0.39 is 10.0 Å². The van der Waals surface area contributed by atoms with Gasteiger partial charge >= 0.3 is 0 Å². The lowest BCUT2D eigenvalue weighted by Crippen LogP contribution is -2.30. The molecule has 5 nitrogen and oxygen atoms in total. The average Bonchev–Trinajstić information content (AvgIpc) is 2.52. The normalized spacial score (nSPS) is 13.4. The van der Waals surface area contributed by atoms with Gasteiger partial charge in [-0.05, 0) is 43.0 Å². The van der Waals surface area contributed by atoms with Gasteiger partial charge in [0.25, 0.3) is 0 Å². The summed E-state index contributed by atoms with van der Waals surface area (Å²) in [5.74, 6) is 0.151. The molecule has 2 N–H and O–H groups in total. The van der Waals surface area contributed by atoms with E-state index in [0.717, 1.165) is 12.8 Å². The van der Waals surface area contributed by atoms with E-state index in [1.807, 2.05) is 0 Å². The van der Waals surface area contributed by atoms with Crippen LogP contribution in [0.3, 0.4) is 0 Å². The Morgan fingerprint density at radius 1 is 1.23 bits per heavy atom. The van der Waals surface area contributed by atoms with Gasteiger partial charge < -0.3 is 5.11 Å². The van der Waals surface area contributed by atoms with E-state index >= 15 is 0 Å². The van der Waals surface area contributed by atoms with E-state index in [1.54, 1.807) is 36.5 Å². The molecule has 0 saturated carbocycles. The van der Waals surface area contributed by atoms with Crippen molar-refractivity contribution in [2.24, 2.45) is 5.92 Å². The zero-order chi connectivity index (χ0) is 16.0. The lowest BCUT2D eigenvalue weighted by Gasteiger charge is -2.16. The minimum atomic E-state index is -3.59. The first kappa shape index (κ1) is 16.9. The molecule has 2 aromatic rings. The van der Waals surface area contributed by atoms with Gasteiger partial charge in [0, 0.05) is 24.7 Å². The van der Waals surface area contributed by atoms with Crippen LogP contribution in [0, 0.1) is 5.92 Å². The first-order valence-electron chi connectivity index (χ1n) is 7.52. The molecule has 0 spiro atoms.